The highest BCUT2D eigenvalue weighted by Gasteiger charge is 2.17. The number of rotatable bonds is 2. The Morgan fingerprint density at radius 2 is 1.33 bits per heavy atom. The zero-order chi connectivity index (χ0) is 20.1. The van der Waals surface area contributed by atoms with Crippen molar-refractivity contribution in [3.05, 3.63) is 96.3 Å². The lowest BCUT2D eigenvalue weighted by molar-refractivity contribution is 0.667. The maximum Gasteiger partial charge on any atom is 0.223 e. The summed E-state index contributed by atoms with van der Waals surface area (Å²) in [6.45, 7) is 0. The second kappa shape index (κ2) is 6.68. The Morgan fingerprint density at radius 1 is 0.633 bits per heavy atom. The Hall–Kier alpha value is -3.69. The standard InChI is InChI=1S/C26H15ClN2O/c27-26-28-23(20-12-6-11-17(13-20)16-7-2-1-3-8-16)25-24(29-26)21-14-18-9-4-5-10-19(18)15-22(21)30-25/h1-15H. The fraction of sp³-hybridized carbons (Fsp3) is 0. The molecule has 0 saturated heterocycles. The van der Waals surface area contributed by atoms with Crippen molar-refractivity contribution in [1.82, 2.24) is 9.97 Å². The van der Waals surface area contributed by atoms with Crippen LogP contribution in [-0.4, -0.2) is 9.97 Å². The van der Waals surface area contributed by atoms with Crippen molar-refractivity contribution in [2.24, 2.45) is 0 Å². The number of fused-ring (bicyclic) bond motifs is 4. The molecule has 3 nitrogen and oxygen atoms in total. The molecule has 30 heavy (non-hydrogen) atoms. The summed E-state index contributed by atoms with van der Waals surface area (Å²) >= 11 is 6.34. The van der Waals surface area contributed by atoms with E-state index in [1.807, 2.05) is 48.5 Å². The van der Waals surface area contributed by atoms with Gasteiger partial charge in [-0.15, -0.1) is 0 Å². The maximum absolute atomic E-state index is 6.34. The number of furan rings is 1. The van der Waals surface area contributed by atoms with Gasteiger partial charge in [0.25, 0.3) is 0 Å². The molecular weight excluding hydrogens is 392 g/mol. The Kier molecular flexibility index (Phi) is 3.83. The van der Waals surface area contributed by atoms with E-state index in [0.29, 0.717) is 11.3 Å². The zero-order valence-corrected chi connectivity index (χ0v) is 16.6. The highest BCUT2D eigenvalue weighted by molar-refractivity contribution is 6.29. The summed E-state index contributed by atoms with van der Waals surface area (Å²) in [6.07, 6.45) is 0. The molecule has 0 atom stereocenters. The van der Waals surface area contributed by atoms with Crippen LogP contribution in [0.4, 0.5) is 0 Å². The molecule has 6 aromatic rings. The Balaban J connectivity index is 1.62. The van der Waals surface area contributed by atoms with Crippen LogP contribution in [0.1, 0.15) is 0 Å². The van der Waals surface area contributed by atoms with E-state index < -0.39 is 0 Å². The van der Waals surface area contributed by atoms with Gasteiger partial charge in [0, 0.05) is 10.9 Å². The highest BCUT2D eigenvalue weighted by atomic mass is 35.5. The van der Waals surface area contributed by atoms with E-state index in [0.717, 1.165) is 43.9 Å². The molecule has 142 valence electrons. The molecule has 4 heteroatoms. The number of aromatic nitrogens is 2. The number of hydrogen-bond donors (Lipinski definition) is 0. The maximum atomic E-state index is 6.34. The SMILES string of the molecule is Clc1nc(-c2cccc(-c3ccccc3)c2)c2oc3cc4ccccc4cc3c2n1. The smallest absolute Gasteiger partial charge is 0.223 e. The van der Waals surface area contributed by atoms with E-state index in [1.54, 1.807) is 0 Å². The third kappa shape index (κ3) is 2.75. The van der Waals surface area contributed by atoms with Crippen LogP contribution in [0.15, 0.2) is 95.4 Å². The predicted molar refractivity (Wildman–Crippen MR) is 123 cm³/mol. The molecule has 0 saturated carbocycles. The van der Waals surface area contributed by atoms with Crippen molar-refractivity contribution in [3.63, 3.8) is 0 Å². The van der Waals surface area contributed by atoms with Gasteiger partial charge in [0.15, 0.2) is 5.58 Å². The molecule has 0 aliphatic heterocycles. The van der Waals surface area contributed by atoms with Gasteiger partial charge >= 0.3 is 0 Å². The number of benzene rings is 4. The van der Waals surface area contributed by atoms with Crippen LogP contribution in [0.5, 0.6) is 0 Å². The van der Waals surface area contributed by atoms with Gasteiger partial charge in [-0.3, -0.25) is 0 Å². The quantitative estimate of drug-likeness (QED) is 0.279. The fourth-order valence-electron chi connectivity index (χ4n) is 3.97. The third-order valence-electron chi connectivity index (χ3n) is 5.40. The molecule has 0 fully saturated rings. The number of nitrogens with zero attached hydrogens (tertiary/aromatic N) is 2. The van der Waals surface area contributed by atoms with E-state index in [1.165, 1.54) is 0 Å². The average Bonchev–Trinajstić information content (AvgIpc) is 3.15. The van der Waals surface area contributed by atoms with Gasteiger partial charge in [-0.05, 0) is 51.7 Å². The molecule has 2 aromatic heterocycles. The van der Waals surface area contributed by atoms with Gasteiger partial charge in [-0.1, -0.05) is 72.8 Å². The van der Waals surface area contributed by atoms with Crippen LogP contribution >= 0.6 is 11.6 Å². The van der Waals surface area contributed by atoms with Crippen LogP contribution in [0.25, 0.3) is 55.2 Å². The molecule has 0 amide bonds. The molecule has 0 unspecified atom stereocenters. The first-order chi connectivity index (χ1) is 14.8. The third-order valence-corrected chi connectivity index (χ3v) is 5.57. The first kappa shape index (κ1) is 17.2. The molecule has 0 spiro atoms. The largest absolute Gasteiger partial charge is 0.452 e. The van der Waals surface area contributed by atoms with Crippen molar-refractivity contribution in [1.29, 1.82) is 0 Å². The van der Waals surface area contributed by atoms with Crippen LogP contribution in [0, 0.1) is 0 Å². The van der Waals surface area contributed by atoms with Crippen LogP contribution in [-0.2, 0) is 0 Å². The van der Waals surface area contributed by atoms with Gasteiger partial charge < -0.3 is 4.42 Å². The van der Waals surface area contributed by atoms with Crippen LogP contribution < -0.4 is 0 Å². The summed E-state index contributed by atoms with van der Waals surface area (Å²) in [7, 11) is 0. The molecule has 0 aliphatic carbocycles. The Labute approximate surface area is 177 Å². The average molecular weight is 407 g/mol. The van der Waals surface area contributed by atoms with Crippen LogP contribution in [0.3, 0.4) is 0 Å². The van der Waals surface area contributed by atoms with Gasteiger partial charge in [-0.25, -0.2) is 9.97 Å². The van der Waals surface area contributed by atoms with E-state index in [9.17, 15) is 0 Å². The van der Waals surface area contributed by atoms with Gasteiger partial charge in [-0.2, -0.15) is 0 Å². The fourth-order valence-corrected chi connectivity index (χ4v) is 4.14. The number of halogens is 1. The van der Waals surface area contributed by atoms with Crippen molar-refractivity contribution in [3.8, 4) is 22.4 Å². The molecular formula is C26H15ClN2O. The summed E-state index contributed by atoms with van der Waals surface area (Å²) < 4.78 is 6.26. The lowest BCUT2D eigenvalue weighted by Gasteiger charge is -2.06. The van der Waals surface area contributed by atoms with Gasteiger partial charge in [0.2, 0.25) is 5.28 Å². The minimum Gasteiger partial charge on any atom is -0.452 e. The van der Waals surface area contributed by atoms with Crippen molar-refractivity contribution >= 4 is 44.4 Å². The summed E-state index contributed by atoms with van der Waals surface area (Å²) in [5, 5.41) is 3.40. The summed E-state index contributed by atoms with van der Waals surface area (Å²) in [5.41, 5.74) is 6.05. The van der Waals surface area contributed by atoms with Crippen LogP contribution in [0.2, 0.25) is 5.28 Å². The molecule has 0 bridgehead atoms. The monoisotopic (exact) mass is 406 g/mol. The molecule has 2 heterocycles. The second-order valence-corrected chi connectivity index (χ2v) is 7.60. The highest BCUT2D eigenvalue weighted by Crippen LogP contribution is 2.37. The Morgan fingerprint density at radius 3 is 2.17 bits per heavy atom. The molecule has 0 radical (unpaired) electrons. The molecule has 4 aromatic carbocycles. The molecule has 6 rings (SSSR count). The van der Waals surface area contributed by atoms with Crippen molar-refractivity contribution in [2.75, 3.05) is 0 Å². The molecule has 0 aliphatic rings. The van der Waals surface area contributed by atoms with Crippen molar-refractivity contribution in [2.45, 2.75) is 0 Å². The van der Waals surface area contributed by atoms with Gasteiger partial charge in [0.1, 0.15) is 16.8 Å². The minimum absolute atomic E-state index is 0.207. The number of hydrogen-bond acceptors (Lipinski definition) is 3. The second-order valence-electron chi connectivity index (χ2n) is 7.26. The van der Waals surface area contributed by atoms with Crippen molar-refractivity contribution < 1.29 is 4.42 Å². The van der Waals surface area contributed by atoms with E-state index >= 15 is 0 Å². The normalized spacial score (nSPS) is 11.5. The van der Waals surface area contributed by atoms with E-state index in [-0.39, 0.29) is 5.28 Å². The minimum atomic E-state index is 0.207. The first-order valence-corrected chi connectivity index (χ1v) is 10.1. The predicted octanol–water partition coefficient (Wildman–Crippen LogP) is 7.52. The lowest BCUT2D eigenvalue weighted by Crippen LogP contribution is -1.90. The topological polar surface area (TPSA) is 38.9 Å². The summed E-state index contributed by atoms with van der Waals surface area (Å²) in [4.78, 5) is 9.03. The Bertz CT molecular complexity index is 1550. The van der Waals surface area contributed by atoms with Gasteiger partial charge in [0.05, 0.1) is 0 Å². The molecule has 0 N–H and O–H groups in total. The van der Waals surface area contributed by atoms with E-state index in [4.69, 9.17) is 16.0 Å². The summed E-state index contributed by atoms with van der Waals surface area (Å²) in [5.74, 6) is 0. The summed E-state index contributed by atoms with van der Waals surface area (Å²) in [6, 6.07) is 30.9. The first-order valence-electron chi connectivity index (χ1n) is 9.71. The zero-order valence-electron chi connectivity index (χ0n) is 15.8. The lowest BCUT2D eigenvalue weighted by atomic mass is 10.0. The van der Waals surface area contributed by atoms with E-state index in [2.05, 4.69) is 52.4 Å².